The Morgan fingerprint density at radius 2 is 2.06 bits per heavy atom. The molecule has 0 bridgehead atoms. The number of pyridine rings is 3. The maximum atomic E-state index is 13.6. The molecule has 0 spiro atoms. The van der Waals surface area contributed by atoms with E-state index in [0.29, 0.717) is 30.7 Å². The normalized spacial score (nSPS) is 19.7. The van der Waals surface area contributed by atoms with Crippen molar-refractivity contribution in [3.8, 4) is 0 Å². The maximum Gasteiger partial charge on any atom is 0.251 e. The van der Waals surface area contributed by atoms with Crippen LogP contribution in [-0.2, 0) is 13.0 Å². The summed E-state index contributed by atoms with van der Waals surface area (Å²) in [5, 5.41) is 10.7. The Morgan fingerprint density at radius 1 is 1.23 bits per heavy atom. The number of aryl methyl sites for hydroxylation is 2. The second-order valence-electron chi connectivity index (χ2n) is 8.25. The molecule has 1 N–H and O–H groups in total. The maximum absolute atomic E-state index is 13.6. The van der Waals surface area contributed by atoms with Crippen molar-refractivity contribution < 1.29 is 9.50 Å². The van der Waals surface area contributed by atoms with Crippen LogP contribution in [-0.4, -0.2) is 50.3 Å². The summed E-state index contributed by atoms with van der Waals surface area (Å²) >= 11 is 3.52. The van der Waals surface area contributed by atoms with Crippen molar-refractivity contribution in [2.75, 3.05) is 19.6 Å². The molecule has 3 aromatic rings. The van der Waals surface area contributed by atoms with Crippen LogP contribution in [0.15, 0.2) is 45.9 Å². The quantitative estimate of drug-likeness (QED) is 0.576. The number of halogens is 2. The van der Waals surface area contributed by atoms with Crippen LogP contribution in [0.3, 0.4) is 0 Å². The van der Waals surface area contributed by atoms with Crippen molar-refractivity contribution in [3.63, 3.8) is 0 Å². The first kappa shape index (κ1) is 22.0. The molecule has 8 heteroatoms. The molecule has 164 valence electrons. The summed E-state index contributed by atoms with van der Waals surface area (Å²) in [6, 6.07) is 6.53. The predicted molar refractivity (Wildman–Crippen MR) is 122 cm³/mol. The molecular weight excluding hydrogens is 463 g/mol. The second-order valence-corrected chi connectivity index (χ2v) is 9.10. The number of β-amino-alcohol motifs (C(OH)–C–C–N with tert-alkyl or cyclic N) is 1. The van der Waals surface area contributed by atoms with Crippen molar-refractivity contribution in [3.05, 3.63) is 68.6 Å². The minimum Gasteiger partial charge on any atom is -0.392 e. The molecule has 1 aliphatic rings. The summed E-state index contributed by atoms with van der Waals surface area (Å²) in [5.41, 5.74) is 3.06. The first-order valence-corrected chi connectivity index (χ1v) is 11.4. The van der Waals surface area contributed by atoms with Gasteiger partial charge >= 0.3 is 0 Å². The van der Waals surface area contributed by atoms with Gasteiger partial charge in [-0.2, -0.15) is 0 Å². The van der Waals surface area contributed by atoms with Gasteiger partial charge in [0.1, 0.15) is 5.82 Å². The highest BCUT2D eigenvalue weighted by Crippen LogP contribution is 2.24. The van der Waals surface area contributed by atoms with Gasteiger partial charge in [-0.05, 0) is 72.3 Å². The number of hydrogen-bond acceptors (Lipinski definition) is 5. The molecule has 0 aliphatic carbocycles. The summed E-state index contributed by atoms with van der Waals surface area (Å²) in [6.45, 7) is 4.46. The standard InChI is InChI=1S/C23H26BrFN4O2/c1-15-19(24)10-16(12-26-15)2-3-17-6-7-28(14-22(17)30)8-9-29-21-11-18(25)13-27-20(21)4-5-23(29)31/h4-5,10-13,17,22,30H,2-3,6-9,14H2,1H3/t17-,22+/m0/s1. The molecular formula is C23H26BrFN4O2. The lowest BCUT2D eigenvalue weighted by atomic mass is 9.88. The van der Waals surface area contributed by atoms with E-state index >= 15 is 0 Å². The number of hydrogen-bond donors (Lipinski definition) is 1. The molecule has 0 saturated carbocycles. The minimum absolute atomic E-state index is 0.173. The smallest absolute Gasteiger partial charge is 0.251 e. The fourth-order valence-electron chi connectivity index (χ4n) is 4.23. The molecule has 2 atom stereocenters. The van der Waals surface area contributed by atoms with E-state index in [4.69, 9.17) is 0 Å². The number of rotatable bonds is 6. The fourth-order valence-corrected chi connectivity index (χ4v) is 4.63. The van der Waals surface area contributed by atoms with Gasteiger partial charge in [-0.3, -0.25) is 19.7 Å². The van der Waals surface area contributed by atoms with Gasteiger partial charge in [-0.25, -0.2) is 4.39 Å². The van der Waals surface area contributed by atoms with E-state index in [0.717, 1.165) is 42.2 Å². The Morgan fingerprint density at radius 3 is 2.84 bits per heavy atom. The predicted octanol–water partition coefficient (Wildman–Crippen LogP) is 3.32. The SMILES string of the molecule is Cc1ncc(CC[C@H]2CCN(CCn3c(=O)ccc4ncc(F)cc43)C[C@H]2O)cc1Br. The molecule has 3 aromatic heterocycles. The van der Waals surface area contributed by atoms with Crippen molar-refractivity contribution in [2.45, 2.75) is 38.8 Å². The van der Waals surface area contributed by atoms with E-state index in [-0.39, 0.29) is 11.5 Å². The van der Waals surface area contributed by atoms with Crippen LogP contribution in [0.1, 0.15) is 24.1 Å². The average molecular weight is 489 g/mol. The van der Waals surface area contributed by atoms with Crippen molar-refractivity contribution >= 4 is 27.0 Å². The summed E-state index contributed by atoms with van der Waals surface area (Å²) in [4.78, 5) is 23.0. The van der Waals surface area contributed by atoms with Crippen LogP contribution in [0.25, 0.3) is 11.0 Å². The Hall–Kier alpha value is -2.16. The van der Waals surface area contributed by atoms with Crippen molar-refractivity contribution in [1.29, 1.82) is 0 Å². The van der Waals surface area contributed by atoms with Crippen LogP contribution in [0, 0.1) is 18.7 Å². The third-order valence-corrected chi connectivity index (χ3v) is 6.94. The van der Waals surface area contributed by atoms with Crippen LogP contribution in [0.5, 0.6) is 0 Å². The third kappa shape index (κ3) is 5.19. The summed E-state index contributed by atoms with van der Waals surface area (Å²) in [6.07, 6.45) is 5.36. The number of likely N-dealkylation sites (tertiary alicyclic amines) is 1. The molecule has 4 rings (SSSR count). The van der Waals surface area contributed by atoms with Crippen LogP contribution >= 0.6 is 15.9 Å². The summed E-state index contributed by atoms with van der Waals surface area (Å²) in [7, 11) is 0. The molecule has 0 amide bonds. The average Bonchev–Trinajstić information content (AvgIpc) is 2.74. The molecule has 4 heterocycles. The zero-order valence-electron chi connectivity index (χ0n) is 17.5. The number of aliphatic hydroxyl groups is 1. The van der Waals surface area contributed by atoms with Gasteiger partial charge in [0.15, 0.2) is 0 Å². The van der Waals surface area contributed by atoms with E-state index in [9.17, 15) is 14.3 Å². The molecule has 0 unspecified atom stereocenters. The first-order valence-electron chi connectivity index (χ1n) is 10.6. The third-order valence-electron chi connectivity index (χ3n) is 6.14. The van der Waals surface area contributed by atoms with Gasteiger partial charge in [0.2, 0.25) is 0 Å². The minimum atomic E-state index is -0.459. The molecule has 1 fully saturated rings. The number of aliphatic hydroxyl groups excluding tert-OH is 1. The van der Waals surface area contributed by atoms with Gasteiger partial charge in [0, 0.05) is 42.4 Å². The molecule has 1 saturated heterocycles. The second kappa shape index (κ2) is 9.54. The molecule has 31 heavy (non-hydrogen) atoms. The highest BCUT2D eigenvalue weighted by Gasteiger charge is 2.27. The zero-order valence-corrected chi connectivity index (χ0v) is 19.1. The summed E-state index contributed by atoms with van der Waals surface area (Å²) in [5.74, 6) is -0.214. The van der Waals surface area contributed by atoms with E-state index in [1.165, 1.54) is 17.7 Å². The Kier molecular flexibility index (Phi) is 6.79. The van der Waals surface area contributed by atoms with Gasteiger partial charge in [-0.15, -0.1) is 0 Å². The summed E-state index contributed by atoms with van der Waals surface area (Å²) < 4.78 is 16.2. The first-order chi connectivity index (χ1) is 14.9. The monoisotopic (exact) mass is 488 g/mol. The van der Waals surface area contributed by atoms with Crippen LogP contribution in [0.4, 0.5) is 4.39 Å². The largest absolute Gasteiger partial charge is 0.392 e. The van der Waals surface area contributed by atoms with Crippen molar-refractivity contribution in [1.82, 2.24) is 19.4 Å². The molecule has 6 nitrogen and oxygen atoms in total. The van der Waals surface area contributed by atoms with Gasteiger partial charge < -0.3 is 9.67 Å². The van der Waals surface area contributed by atoms with E-state index in [1.54, 1.807) is 10.6 Å². The van der Waals surface area contributed by atoms with Gasteiger partial charge in [0.25, 0.3) is 5.56 Å². The van der Waals surface area contributed by atoms with Crippen molar-refractivity contribution in [2.24, 2.45) is 5.92 Å². The van der Waals surface area contributed by atoms with Gasteiger partial charge in [-0.1, -0.05) is 0 Å². The molecule has 0 aromatic carbocycles. The lowest BCUT2D eigenvalue weighted by molar-refractivity contribution is 0.0174. The lowest BCUT2D eigenvalue weighted by Gasteiger charge is -2.36. The lowest BCUT2D eigenvalue weighted by Crippen LogP contribution is -2.45. The number of fused-ring (bicyclic) bond motifs is 1. The number of piperidine rings is 1. The van der Waals surface area contributed by atoms with E-state index in [2.05, 4.69) is 36.9 Å². The molecule has 0 radical (unpaired) electrons. The van der Waals surface area contributed by atoms with E-state index < -0.39 is 11.9 Å². The van der Waals surface area contributed by atoms with Crippen LogP contribution < -0.4 is 5.56 Å². The fraction of sp³-hybridized carbons (Fsp3) is 0.435. The Bertz CT molecular complexity index is 1140. The van der Waals surface area contributed by atoms with Gasteiger partial charge in [0.05, 0.1) is 29.0 Å². The highest BCUT2D eigenvalue weighted by molar-refractivity contribution is 9.10. The van der Waals surface area contributed by atoms with E-state index in [1.807, 2.05) is 13.1 Å². The van der Waals surface area contributed by atoms with Crippen LogP contribution in [0.2, 0.25) is 0 Å². The highest BCUT2D eigenvalue weighted by atomic mass is 79.9. The number of aromatic nitrogens is 3. The Labute approximate surface area is 188 Å². The topological polar surface area (TPSA) is 71.2 Å². The Balaban J connectivity index is 1.34. The molecule has 1 aliphatic heterocycles. The number of nitrogens with zero attached hydrogens (tertiary/aromatic N) is 4. The zero-order chi connectivity index (χ0) is 22.0.